The Morgan fingerprint density at radius 3 is 2.37 bits per heavy atom. The van der Waals surface area contributed by atoms with Crippen molar-refractivity contribution in [3.63, 3.8) is 0 Å². The molecule has 3 aromatic carbocycles. The van der Waals surface area contributed by atoms with Crippen LogP contribution < -0.4 is 30.7 Å². The minimum atomic E-state index is -3.63. The first-order valence-corrected chi connectivity index (χ1v) is 25.6. The second kappa shape index (κ2) is 24.1. The molecule has 4 heterocycles. The molecule has 6 N–H and O–H groups in total. The van der Waals surface area contributed by atoms with Crippen LogP contribution >= 0.6 is 22.9 Å². The lowest BCUT2D eigenvalue weighted by Gasteiger charge is -2.32. The summed E-state index contributed by atoms with van der Waals surface area (Å²) in [5, 5.41) is 31.0. The number of imide groups is 1. The summed E-state index contributed by atoms with van der Waals surface area (Å²) in [4.78, 5) is 63.2. The Balaban J connectivity index is 0.755. The van der Waals surface area contributed by atoms with E-state index in [9.17, 15) is 42.6 Å². The lowest BCUT2D eigenvalue weighted by Crippen LogP contribution is -2.52. The van der Waals surface area contributed by atoms with Crippen LogP contribution in [0.25, 0.3) is 10.4 Å². The van der Waals surface area contributed by atoms with Crippen LogP contribution in [0.3, 0.4) is 0 Å². The van der Waals surface area contributed by atoms with Crippen molar-refractivity contribution in [3.05, 3.63) is 118 Å². The van der Waals surface area contributed by atoms with Gasteiger partial charge in [0.15, 0.2) is 17.2 Å². The highest BCUT2D eigenvalue weighted by Crippen LogP contribution is 2.46. The number of piperidine rings is 2. The zero-order chi connectivity index (χ0) is 50.7. The maximum Gasteiger partial charge on any atom is 0.349 e. The first-order chi connectivity index (χ1) is 34.1. The summed E-state index contributed by atoms with van der Waals surface area (Å²) in [5.74, 6) is -2.90. The van der Waals surface area contributed by atoms with Gasteiger partial charge in [-0.3, -0.25) is 24.5 Å². The molecule has 71 heavy (non-hydrogen) atoms. The zero-order valence-electron chi connectivity index (χ0n) is 38.7. The number of sulfonamides is 1. The maximum absolute atomic E-state index is 13.5. The second-order valence-electron chi connectivity index (χ2n) is 16.9. The fraction of sp³-hybridized carbons (Fsp3) is 0.367. The highest BCUT2D eigenvalue weighted by atomic mass is 35.5. The fourth-order valence-corrected chi connectivity index (χ4v) is 11.2. The first kappa shape index (κ1) is 52.3. The number of aliphatic hydroxyl groups is 1. The lowest BCUT2D eigenvalue weighted by atomic mass is 10.0. The number of thiophene rings is 1. The SMILES string of the molecule is C=C(O)COc1c(C(=O)O)sc(-c2cccc(NC3CCN(S(=O)(=O)Cc4cccc(NC(=C)CCOCCOCCNC(=O)COc5cccc6c5CN(C5CCC(=O)NC5=O)C6=O)c4)CC3)c2)c1Cl. The van der Waals surface area contributed by atoms with E-state index in [0.29, 0.717) is 96.4 Å². The zero-order valence-corrected chi connectivity index (χ0v) is 41.1. The molecule has 0 radical (unpaired) electrons. The number of aliphatic hydroxyl groups excluding tert-OH is 1. The van der Waals surface area contributed by atoms with Crippen LogP contribution in [0.15, 0.2) is 91.3 Å². The third kappa shape index (κ3) is 13.9. The molecule has 0 aliphatic carbocycles. The molecule has 0 spiro atoms. The van der Waals surface area contributed by atoms with E-state index in [-0.39, 0.29) is 96.7 Å². The molecule has 3 aliphatic rings. The Morgan fingerprint density at radius 1 is 0.887 bits per heavy atom. The van der Waals surface area contributed by atoms with Gasteiger partial charge >= 0.3 is 5.97 Å². The molecule has 1 aromatic heterocycles. The normalized spacial score (nSPS) is 16.3. The number of anilines is 2. The van der Waals surface area contributed by atoms with Crippen molar-refractivity contribution in [2.24, 2.45) is 0 Å². The topological polar surface area (TPSA) is 251 Å². The largest absolute Gasteiger partial charge is 0.509 e. The van der Waals surface area contributed by atoms with Gasteiger partial charge in [0, 0.05) is 66.7 Å². The van der Waals surface area contributed by atoms with Crippen LogP contribution in [-0.2, 0) is 46.2 Å². The number of carbonyl (C=O) groups excluding carboxylic acids is 4. The van der Waals surface area contributed by atoms with Crippen molar-refractivity contribution in [1.82, 2.24) is 19.8 Å². The summed E-state index contributed by atoms with van der Waals surface area (Å²) in [6.45, 7) is 9.12. The third-order valence-corrected chi connectivity index (χ3v) is 15.2. The fourth-order valence-electron chi connectivity index (χ4n) is 8.25. The molecule has 19 nitrogen and oxygen atoms in total. The molecule has 22 heteroatoms. The van der Waals surface area contributed by atoms with Crippen LogP contribution in [0.1, 0.15) is 63.3 Å². The number of carboxylic acids is 1. The number of carbonyl (C=O) groups is 5. The summed E-state index contributed by atoms with van der Waals surface area (Å²) >= 11 is 7.52. The molecule has 7 rings (SSSR count). The van der Waals surface area contributed by atoms with Gasteiger partial charge in [-0.25, -0.2) is 17.5 Å². The average Bonchev–Trinajstić information content (AvgIpc) is 3.85. The van der Waals surface area contributed by atoms with E-state index in [2.05, 4.69) is 34.4 Å². The first-order valence-electron chi connectivity index (χ1n) is 22.8. The summed E-state index contributed by atoms with van der Waals surface area (Å²) in [5.41, 5.74) is 4.42. The van der Waals surface area contributed by atoms with Gasteiger partial charge in [-0.05, 0) is 66.8 Å². The number of benzene rings is 3. The molecule has 1 atom stereocenters. The van der Waals surface area contributed by atoms with E-state index >= 15 is 0 Å². The molecule has 4 aromatic rings. The van der Waals surface area contributed by atoms with Crippen LogP contribution in [0, 0.1) is 0 Å². The van der Waals surface area contributed by atoms with E-state index < -0.39 is 27.9 Å². The molecule has 0 bridgehead atoms. The van der Waals surface area contributed by atoms with E-state index in [4.69, 9.17) is 30.5 Å². The summed E-state index contributed by atoms with van der Waals surface area (Å²) in [6, 6.07) is 18.7. The van der Waals surface area contributed by atoms with Gasteiger partial charge < -0.3 is 50.0 Å². The van der Waals surface area contributed by atoms with Crippen molar-refractivity contribution < 1.29 is 61.6 Å². The minimum absolute atomic E-state index is 0.00792. The van der Waals surface area contributed by atoms with Gasteiger partial charge in [0.2, 0.25) is 21.8 Å². The Bertz CT molecular complexity index is 2780. The summed E-state index contributed by atoms with van der Waals surface area (Å²) in [7, 11) is -3.63. The van der Waals surface area contributed by atoms with Crippen LogP contribution in [0.2, 0.25) is 5.02 Å². The Hall–Kier alpha value is -6.49. The monoisotopic (exact) mass is 1030 g/mol. The number of hydrogen-bond donors (Lipinski definition) is 6. The molecule has 4 amide bonds. The number of halogens is 1. The predicted molar refractivity (Wildman–Crippen MR) is 266 cm³/mol. The van der Waals surface area contributed by atoms with E-state index in [1.165, 1.54) is 9.21 Å². The Labute approximate surface area is 419 Å². The number of aromatic carboxylic acids is 1. The number of nitrogens with one attached hydrogen (secondary N) is 4. The highest BCUT2D eigenvalue weighted by molar-refractivity contribution is 7.88. The van der Waals surface area contributed by atoms with Gasteiger partial charge in [0.25, 0.3) is 11.8 Å². The summed E-state index contributed by atoms with van der Waals surface area (Å²) < 4.78 is 51.1. The Kier molecular flexibility index (Phi) is 17.8. The molecular formula is C49H55ClN6O13S2. The number of fused-ring (bicyclic) bond motifs is 1. The molecule has 1 unspecified atom stereocenters. The smallest absolute Gasteiger partial charge is 0.349 e. The van der Waals surface area contributed by atoms with E-state index in [1.807, 2.05) is 24.3 Å². The van der Waals surface area contributed by atoms with Crippen LogP contribution in [0.4, 0.5) is 11.4 Å². The number of nitrogens with zero attached hydrogens (tertiary/aromatic N) is 2. The van der Waals surface area contributed by atoms with Crippen molar-refractivity contribution in [1.29, 1.82) is 0 Å². The van der Waals surface area contributed by atoms with Crippen molar-refractivity contribution >= 4 is 73.9 Å². The second-order valence-corrected chi connectivity index (χ2v) is 20.3. The number of amides is 4. The molecule has 0 saturated carbocycles. The van der Waals surface area contributed by atoms with Gasteiger partial charge in [0.05, 0.1) is 43.6 Å². The third-order valence-electron chi connectivity index (χ3n) is 11.7. The van der Waals surface area contributed by atoms with Gasteiger partial charge in [-0.15, -0.1) is 11.3 Å². The number of rotatable bonds is 25. The Morgan fingerprint density at radius 2 is 1.62 bits per heavy atom. The average molecular weight is 1040 g/mol. The molecule has 378 valence electrons. The molecule has 2 fully saturated rings. The van der Waals surface area contributed by atoms with Gasteiger partial charge in [-0.2, -0.15) is 0 Å². The number of ether oxygens (including phenoxy) is 4. The van der Waals surface area contributed by atoms with Crippen molar-refractivity contribution in [2.45, 2.75) is 56.5 Å². The number of carboxylic acid groups (broad SMARTS) is 1. The highest BCUT2D eigenvalue weighted by Gasteiger charge is 2.40. The van der Waals surface area contributed by atoms with Crippen molar-refractivity contribution in [3.8, 4) is 21.9 Å². The molecular weight excluding hydrogens is 980 g/mol. The maximum atomic E-state index is 13.5. The minimum Gasteiger partial charge on any atom is -0.509 e. The number of hydrogen-bond acceptors (Lipinski definition) is 15. The standard InChI is InChI=1S/C49H55ClN6O13S2/c1-30(16-20-66-22-23-67-21-17-51-42(59)28-68-40-11-5-10-37-38(40)26-56(48(37)61)39-12-13-41(58)54-47(39)60)52-35-8-3-6-32(24-35)29-71(64,65)55-18-14-34(15-19-55)53-36-9-4-7-33(25-36)45-43(50)44(69-27-31(2)57)46(70-45)49(62)63/h3-11,24-25,34,39,52-53,57H,1-2,12-23,26-29H2,(H,51,59)(H,62,63)(H,54,58,60). The molecule has 3 aliphatic heterocycles. The van der Waals surface area contributed by atoms with Gasteiger partial charge in [-0.1, -0.05) is 55.1 Å². The van der Waals surface area contributed by atoms with Gasteiger partial charge in [0.1, 0.15) is 29.2 Å². The van der Waals surface area contributed by atoms with E-state index in [1.54, 1.807) is 42.5 Å². The van der Waals surface area contributed by atoms with Crippen molar-refractivity contribution in [2.75, 3.05) is 69.9 Å². The molecule has 2 saturated heterocycles. The van der Waals surface area contributed by atoms with E-state index in [0.717, 1.165) is 17.0 Å². The van der Waals surface area contributed by atoms with Crippen LogP contribution in [-0.4, -0.2) is 129 Å². The lowest BCUT2D eigenvalue weighted by molar-refractivity contribution is -0.137. The quantitative estimate of drug-likeness (QED) is 0.0256. The summed E-state index contributed by atoms with van der Waals surface area (Å²) in [6.07, 6.45) is 2.02. The predicted octanol–water partition coefficient (Wildman–Crippen LogP) is 5.93. The van der Waals surface area contributed by atoms with Crippen LogP contribution in [0.5, 0.6) is 11.5 Å².